The molecule has 10 nitrogen and oxygen atoms in total. The van der Waals surface area contributed by atoms with Crippen LogP contribution in [0.3, 0.4) is 0 Å². The fourth-order valence-corrected chi connectivity index (χ4v) is 9.48. The van der Waals surface area contributed by atoms with Crippen LogP contribution in [-0.2, 0) is 14.3 Å². The van der Waals surface area contributed by atoms with Crippen LogP contribution in [0.5, 0.6) is 0 Å². The number of morpholine rings is 1. The van der Waals surface area contributed by atoms with Crippen molar-refractivity contribution in [1.29, 1.82) is 0 Å². The number of fused-ring (bicyclic) bond motifs is 4. The largest absolute Gasteiger partial charge is 0.369 e. The first-order valence-electron chi connectivity index (χ1n) is 17.2. The van der Waals surface area contributed by atoms with Gasteiger partial charge in [0.25, 0.3) is 5.91 Å². The molecule has 3 saturated heterocycles. The number of halogens is 1. The van der Waals surface area contributed by atoms with Gasteiger partial charge in [0.1, 0.15) is 6.17 Å². The third-order valence-corrected chi connectivity index (χ3v) is 12.0. The summed E-state index contributed by atoms with van der Waals surface area (Å²) >= 11 is 0. The van der Waals surface area contributed by atoms with Crippen molar-refractivity contribution in [3.63, 3.8) is 0 Å². The maximum absolute atomic E-state index is 16.2. The third-order valence-electron chi connectivity index (χ3n) is 12.0. The monoisotopic (exact) mass is 633 g/mol. The molecule has 1 amide bonds. The average molecular weight is 634 g/mol. The quantitative estimate of drug-likeness (QED) is 0.484. The number of piperazine rings is 1. The number of likely N-dealkylation sites (N-methyl/N-ethyl adjacent to an activating group) is 1. The lowest BCUT2D eigenvalue weighted by Gasteiger charge is -2.60. The molecule has 8 rings (SSSR count). The molecule has 9 atom stereocenters. The van der Waals surface area contributed by atoms with Crippen LogP contribution in [0.4, 0.5) is 4.39 Å². The van der Waals surface area contributed by atoms with Gasteiger partial charge in [-0.05, 0) is 52.2 Å². The highest BCUT2D eigenvalue weighted by Crippen LogP contribution is 2.49. The van der Waals surface area contributed by atoms with Crippen LogP contribution < -0.4 is 5.32 Å². The average Bonchev–Trinajstić information content (AvgIpc) is 3.59. The van der Waals surface area contributed by atoms with Gasteiger partial charge < -0.3 is 29.7 Å². The van der Waals surface area contributed by atoms with E-state index in [0.717, 1.165) is 32.7 Å². The van der Waals surface area contributed by atoms with Crippen molar-refractivity contribution < 1.29 is 28.3 Å². The molecule has 3 aliphatic carbocycles. The first kappa shape index (κ1) is 30.4. The van der Waals surface area contributed by atoms with Gasteiger partial charge >= 0.3 is 0 Å². The Hall–Kier alpha value is -2.99. The molecular weight excluding hydrogens is 589 g/mol. The molecule has 7 aliphatic rings. The Morgan fingerprint density at radius 2 is 1.57 bits per heavy atom. The van der Waals surface area contributed by atoms with Crippen molar-refractivity contribution in [2.75, 3.05) is 59.4 Å². The van der Waals surface area contributed by atoms with Gasteiger partial charge in [-0.3, -0.25) is 19.2 Å². The number of carbonyl (C=O) groups is 4. The number of ketones is 3. The maximum Gasteiger partial charge on any atom is 0.259 e. The van der Waals surface area contributed by atoms with E-state index in [9.17, 15) is 19.2 Å². The summed E-state index contributed by atoms with van der Waals surface area (Å²) < 4.78 is 23.1. The molecule has 4 heterocycles. The summed E-state index contributed by atoms with van der Waals surface area (Å²) in [5.41, 5.74) is 1.04. The van der Waals surface area contributed by atoms with Crippen LogP contribution in [0, 0.1) is 17.8 Å². The zero-order chi connectivity index (χ0) is 31.7. The number of Topliss-reactive ketones (excluding diaryl/α,β-unsaturated/α-hetero) is 3. The number of amides is 1. The van der Waals surface area contributed by atoms with E-state index in [1.165, 1.54) is 12.8 Å². The van der Waals surface area contributed by atoms with Gasteiger partial charge in [0.15, 0.2) is 17.3 Å². The Kier molecular flexibility index (Phi) is 7.86. The lowest BCUT2D eigenvalue weighted by Crippen LogP contribution is -2.74. The van der Waals surface area contributed by atoms with E-state index in [2.05, 4.69) is 20.0 Å². The van der Waals surface area contributed by atoms with Crippen molar-refractivity contribution in [3.05, 3.63) is 47.2 Å². The van der Waals surface area contributed by atoms with Crippen molar-refractivity contribution in [2.24, 2.45) is 17.8 Å². The molecular formula is C35H44FN5O5. The standard InChI is InChI=1S/C35H44FN5O5/c1-38-12-14-40(15-13-38)35(45)25-19-41-27-17-22-23(32(43)21-7-3-2-6-20(21)31(22)42)18-28(27)46-34-29(37-8-11-39-9-4-5-10-39)26(36)16-24(30(34)41)33(25)44/h2-3,6-7,19,22-24,26-30,34,37H,4-5,8-18H2,1H3. The zero-order valence-corrected chi connectivity index (χ0v) is 26.5. The van der Waals surface area contributed by atoms with E-state index in [0.29, 0.717) is 43.6 Å². The summed E-state index contributed by atoms with van der Waals surface area (Å²) in [4.78, 5) is 63.9. The minimum absolute atomic E-state index is 0.0167. The highest BCUT2D eigenvalue weighted by Gasteiger charge is 2.61. The number of ether oxygens (including phenoxy) is 1. The smallest absolute Gasteiger partial charge is 0.259 e. The number of benzene rings is 1. The zero-order valence-electron chi connectivity index (χ0n) is 26.5. The predicted octanol–water partition coefficient (Wildman–Crippen LogP) is 1.55. The molecule has 246 valence electrons. The molecule has 46 heavy (non-hydrogen) atoms. The summed E-state index contributed by atoms with van der Waals surface area (Å²) in [6.07, 6.45) is 2.43. The minimum Gasteiger partial charge on any atom is -0.369 e. The van der Waals surface area contributed by atoms with Crippen LogP contribution in [0.15, 0.2) is 36.0 Å². The Labute approximate surface area is 269 Å². The molecule has 2 saturated carbocycles. The van der Waals surface area contributed by atoms with Gasteiger partial charge in [0.05, 0.1) is 35.9 Å². The lowest BCUT2D eigenvalue weighted by molar-refractivity contribution is -0.203. The van der Waals surface area contributed by atoms with Crippen molar-refractivity contribution in [3.8, 4) is 0 Å². The summed E-state index contributed by atoms with van der Waals surface area (Å²) in [7, 11) is 2.01. The van der Waals surface area contributed by atoms with Gasteiger partial charge in [-0.15, -0.1) is 0 Å². The van der Waals surface area contributed by atoms with Crippen LogP contribution >= 0.6 is 0 Å². The van der Waals surface area contributed by atoms with Crippen LogP contribution in [0.2, 0.25) is 0 Å². The van der Waals surface area contributed by atoms with E-state index >= 15 is 4.39 Å². The molecule has 1 aromatic carbocycles. The molecule has 9 unspecified atom stereocenters. The molecule has 4 aliphatic heterocycles. The SMILES string of the molecule is CN1CCN(C(=O)C2=CN3C4CC5C(=O)c6ccccc6C(=O)C5CC4OC4C(NCCN5CCCC5)C(F)CC(C2=O)C43)CC1. The number of hydrogen-bond acceptors (Lipinski definition) is 9. The Morgan fingerprint density at radius 1 is 0.891 bits per heavy atom. The van der Waals surface area contributed by atoms with Crippen molar-refractivity contribution >= 4 is 23.3 Å². The summed E-state index contributed by atoms with van der Waals surface area (Å²) in [6.45, 7) is 6.04. The first-order chi connectivity index (χ1) is 22.3. The minimum atomic E-state index is -1.33. The highest BCUT2D eigenvalue weighted by molar-refractivity contribution is 6.20. The normalized spacial score (nSPS) is 37.7. The molecule has 1 aromatic rings. The summed E-state index contributed by atoms with van der Waals surface area (Å²) in [5.74, 6) is -2.41. The topological polar surface area (TPSA) is 102 Å². The first-order valence-corrected chi connectivity index (χ1v) is 17.2. The van der Waals surface area contributed by atoms with Gasteiger partial charge in [0.2, 0.25) is 0 Å². The van der Waals surface area contributed by atoms with Gasteiger partial charge in [-0.25, -0.2) is 4.39 Å². The van der Waals surface area contributed by atoms with Crippen molar-refractivity contribution in [2.45, 2.75) is 68.6 Å². The lowest BCUT2D eigenvalue weighted by atomic mass is 9.63. The molecule has 1 N–H and O–H groups in total. The molecule has 11 heteroatoms. The number of likely N-dealkylation sites (tertiary alicyclic amines) is 1. The summed E-state index contributed by atoms with van der Waals surface area (Å²) in [5, 5.41) is 3.47. The third kappa shape index (κ3) is 4.96. The van der Waals surface area contributed by atoms with E-state index in [-0.39, 0.29) is 41.3 Å². The van der Waals surface area contributed by atoms with Crippen LogP contribution in [-0.4, -0.2) is 139 Å². The van der Waals surface area contributed by atoms with Crippen LogP contribution in [0.1, 0.15) is 52.8 Å². The molecule has 0 radical (unpaired) electrons. The number of hydrogen-bond donors (Lipinski definition) is 1. The molecule has 0 bridgehead atoms. The Morgan fingerprint density at radius 3 is 2.26 bits per heavy atom. The van der Waals surface area contributed by atoms with Crippen molar-refractivity contribution in [1.82, 2.24) is 24.9 Å². The maximum atomic E-state index is 16.2. The molecule has 0 spiro atoms. The number of nitrogens with zero attached hydrogens (tertiary/aromatic N) is 4. The second-order valence-electron chi connectivity index (χ2n) is 14.5. The van der Waals surface area contributed by atoms with E-state index < -0.39 is 48.2 Å². The fraction of sp³-hybridized carbons (Fsp3) is 0.657. The Bertz CT molecular complexity index is 1450. The summed E-state index contributed by atoms with van der Waals surface area (Å²) in [6, 6.07) is 5.65. The van der Waals surface area contributed by atoms with E-state index in [4.69, 9.17) is 4.74 Å². The number of nitrogens with one attached hydrogen (secondary N) is 1. The fourth-order valence-electron chi connectivity index (χ4n) is 9.48. The van der Waals surface area contributed by atoms with Gasteiger partial charge in [-0.1, -0.05) is 24.3 Å². The second kappa shape index (κ2) is 11.9. The second-order valence-corrected chi connectivity index (χ2v) is 14.5. The highest BCUT2D eigenvalue weighted by atomic mass is 19.1. The number of alkyl halides is 1. The Balaban J connectivity index is 1.13. The van der Waals surface area contributed by atoms with E-state index in [1.807, 2.05) is 7.05 Å². The van der Waals surface area contributed by atoms with Gasteiger partial charge in [0, 0.05) is 74.3 Å². The molecule has 0 aromatic heterocycles. The van der Waals surface area contributed by atoms with E-state index in [1.54, 1.807) is 35.4 Å². The predicted molar refractivity (Wildman–Crippen MR) is 167 cm³/mol. The number of carbonyl (C=O) groups excluding carboxylic acids is 4. The van der Waals surface area contributed by atoms with Gasteiger partial charge in [-0.2, -0.15) is 0 Å². The molecule has 5 fully saturated rings. The van der Waals surface area contributed by atoms with Crippen LogP contribution in [0.25, 0.3) is 0 Å². The number of rotatable bonds is 5.